The summed E-state index contributed by atoms with van der Waals surface area (Å²) >= 11 is 0. The van der Waals surface area contributed by atoms with Gasteiger partial charge in [0.2, 0.25) is 5.91 Å². The van der Waals surface area contributed by atoms with E-state index in [1.54, 1.807) is 0 Å². The molecular formula is C23H28N2O3. The monoisotopic (exact) mass is 380 g/mol. The molecule has 1 saturated heterocycles. The first-order valence-corrected chi connectivity index (χ1v) is 10.2. The Balaban J connectivity index is 1.40. The highest BCUT2D eigenvalue weighted by molar-refractivity contribution is 5.78. The van der Waals surface area contributed by atoms with Crippen molar-refractivity contribution >= 4 is 5.91 Å². The van der Waals surface area contributed by atoms with Crippen LogP contribution in [0.15, 0.2) is 54.6 Å². The van der Waals surface area contributed by atoms with Gasteiger partial charge in [0.25, 0.3) is 0 Å². The van der Waals surface area contributed by atoms with Gasteiger partial charge in [-0.3, -0.25) is 9.69 Å². The summed E-state index contributed by atoms with van der Waals surface area (Å²) in [6.07, 6.45) is 3.20. The molecule has 148 valence electrons. The van der Waals surface area contributed by atoms with Gasteiger partial charge in [-0.1, -0.05) is 48.5 Å². The summed E-state index contributed by atoms with van der Waals surface area (Å²) in [6.45, 7) is 3.36. The maximum Gasteiger partial charge on any atom is 0.234 e. The van der Waals surface area contributed by atoms with Crippen molar-refractivity contribution in [2.45, 2.75) is 38.0 Å². The standard InChI is InChI=1S/C23H28N2O3/c26-23(24-21-12-14-28-22-11-5-4-10-20(21)22)17-25(16-19-9-6-13-27-19)15-18-7-2-1-3-8-18/h1-5,7-8,10-11,19,21H,6,9,12-17H2,(H,24,26). The molecule has 1 amide bonds. The van der Waals surface area contributed by atoms with E-state index in [2.05, 4.69) is 22.3 Å². The van der Waals surface area contributed by atoms with Gasteiger partial charge in [-0.25, -0.2) is 0 Å². The maximum absolute atomic E-state index is 12.9. The molecule has 2 aromatic carbocycles. The van der Waals surface area contributed by atoms with Gasteiger partial charge in [0.15, 0.2) is 0 Å². The van der Waals surface area contributed by atoms with E-state index in [0.29, 0.717) is 13.2 Å². The Morgan fingerprint density at radius 2 is 1.86 bits per heavy atom. The lowest BCUT2D eigenvalue weighted by Gasteiger charge is -2.29. The Hall–Kier alpha value is -2.37. The van der Waals surface area contributed by atoms with Gasteiger partial charge in [-0.15, -0.1) is 0 Å². The third-order valence-electron chi connectivity index (χ3n) is 5.40. The number of ether oxygens (including phenoxy) is 2. The van der Waals surface area contributed by atoms with Crippen LogP contribution in [-0.2, 0) is 16.1 Å². The second-order valence-corrected chi connectivity index (χ2v) is 7.59. The zero-order valence-electron chi connectivity index (χ0n) is 16.2. The van der Waals surface area contributed by atoms with Crippen molar-refractivity contribution in [3.63, 3.8) is 0 Å². The molecule has 5 heteroatoms. The van der Waals surface area contributed by atoms with Crippen molar-refractivity contribution < 1.29 is 14.3 Å². The van der Waals surface area contributed by atoms with Crippen LogP contribution in [0.4, 0.5) is 0 Å². The molecule has 2 aliphatic heterocycles. The predicted molar refractivity (Wildman–Crippen MR) is 108 cm³/mol. The molecule has 4 rings (SSSR count). The van der Waals surface area contributed by atoms with Crippen LogP contribution >= 0.6 is 0 Å². The number of carbonyl (C=O) groups excluding carboxylic acids is 1. The SMILES string of the molecule is O=C(CN(Cc1ccccc1)CC1CCCO1)NC1CCOc2ccccc21. The molecule has 28 heavy (non-hydrogen) atoms. The summed E-state index contributed by atoms with van der Waals surface area (Å²) in [5.41, 5.74) is 2.28. The minimum Gasteiger partial charge on any atom is -0.493 e. The quantitative estimate of drug-likeness (QED) is 0.801. The molecule has 2 unspecified atom stereocenters. The largest absolute Gasteiger partial charge is 0.493 e. The molecule has 0 aliphatic carbocycles. The Morgan fingerprint density at radius 3 is 2.68 bits per heavy atom. The van der Waals surface area contributed by atoms with E-state index in [4.69, 9.17) is 9.47 Å². The summed E-state index contributed by atoms with van der Waals surface area (Å²) < 4.78 is 11.5. The van der Waals surface area contributed by atoms with Crippen molar-refractivity contribution in [1.29, 1.82) is 0 Å². The minimum atomic E-state index is 0.0127. The van der Waals surface area contributed by atoms with E-state index < -0.39 is 0 Å². The number of amides is 1. The molecule has 2 aliphatic rings. The lowest BCUT2D eigenvalue weighted by molar-refractivity contribution is -0.123. The highest BCUT2D eigenvalue weighted by Gasteiger charge is 2.25. The molecule has 0 aromatic heterocycles. The highest BCUT2D eigenvalue weighted by atomic mass is 16.5. The van der Waals surface area contributed by atoms with Gasteiger partial charge in [0, 0.05) is 31.7 Å². The van der Waals surface area contributed by atoms with Crippen molar-refractivity contribution in [2.75, 3.05) is 26.3 Å². The number of nitrogens with zero attached hydrogens (tertiary/aromatic N) is 1. The highest BCUT2D eigenvalue weighted by Crippen LogP contribution is 2.31. The molecule has 5 nitrogen and oxygen atoms in total. The molecule has 0 bridgehead atoms. The van der Waals surface area contributed by atoms with E-state index in [1.165, 1.54) is 5.56 Å². The third-order valence-corrected chi connectivity index (χ3v) is 5.40. The van der Waals surface area contributed by atoms with Gasteiger partial charge in [0.05, 0.1) is 25.3 Å². The molecule has 1 fully saturated rings. The number of fused-ring (bicyclic) bond motifs is 1. The fourth-order valence-corrected chi connectivity index (χ4v) is 4.04. The van der Waals surface area contributed by atoms with Crippen LogP contribution in [0.1, 0.15) is 36.4 Å². The molecule has 2 aromatic rings. The second-order valence-electron chi connectivity index (χ2n) is 7.59. The van der Waals surface area contributed by atoms with E-state index in [1.807, 2.05) is 42.5 Å². The van der Waals surface area contributed by atoms with Crippen molar-refractivity contribution in [2.24, 2.45) is 0 Å². The molecule has 0 radical (unpaired) electrons. The first kappa shape index (κ1) is 19.0. The van der Waals surface area contributed by atoms with E-state index in [-0.39, 0.29) is 18.1 Å². The van der Waals surface area contributed by atoms with Gasteiger partial charge in [-0.2, -0.15) is 0 Å². The number of para-hydroxylation sites is 1. The van der Waals surface area contributed by atoms with Crippen LogP contribution in [0.2, 0.25) is 0 Å². The first-order valence-electron chi connectivity index (χ1n) is 10.2. The van der Waals surface area contributed by atoms with Crippen LogP contribution in [-0.4, -0.2) is 43.2 Å². The Kier molecular flexibility index (Phi) is 6.24. The molecule has 2 atom stereocenters. The Morgan fingerprint density at radius 1 is 1.04 bits per heavy atom. The van der Waals surface area contributed by atoms with Crippen molar-refractivity contribution in [1.82, 2.24) is 10.2 Å². The zero-order valence-corrected chi connectivity index (χ0v) is 16.2. The molecule has 2 heterocycles. The normalized spacial score (nSPS) is 21.2. The Bertz CT molecular complexity index is 774. The molecule has 0 saturated carbocycles. The number of benzene rings is 2. The maximum atomic E-state index is 12.9. The summed E-state index contributed by atoms with van der Waals surface area (Å²) in [5, 5.41) is 3.21. The smallest absolute Gasteiger partial charge is 0.234 e. The number of rotatable bonds is 7. The van der Waals surface area contributed by atoms with Crippen molar-refractivity contribution in [3.8, 4) is 5.75 Å². The van der Waals surface area contributed by atoms with Crippen LogP contribution < -0.4 is 10.1 Å². The van der Waals surface area contributed by atoms with Crippen LogP contribution in [0.3, 0.4) is 0 Å². The van der Waals surface area contributed by atoms with Crippen LogP contribution in [0, 0.1) is 0 Å². The lowest BCUT2D eigenvalue weighted by Crippen LogP contribution is -2.42. The topological polar surface area (TPSA) is 50.8 Å². The third kappa shape index (κ3) is 4.91. The Labute approximate surface area is 166 Å². The van der Waals surface area contributed by atoms with Gasteiger partial charge in [-0.05, 0) is 24.5 Å². The minimum absolute atomic E-state index is 0.0127. The predicted octanol–water partition coefficient (Wildman–Crippen LogP) is 3.31. The number of hydrogen-bond acceptors (Lipinski definition) is 4. The van der Waals surface area contributed by atoms with Gasteiger partial charge in [0.1, 0.15) is 5.75 Å². The number of carbonyl (C=O) groups is 1. The van der Waals surface area contributed by atoms with E-state index >= 15 is 0 Å². The summed E-state index contributed by atoms with van der Waals surface area (Å²) in [4.78, 5) is 15.1. The summed E-state index contributed by atoms with van der Waals surface area (Å²) in [6, 6.07) is 18.3. The van der Waals surface area contributed by atoms with Crippen LogP contribution in [0.5, 0.6) is 5.75 Å². The number of nitrogens with one attached hydrogen (secondary N) is 1. The number of hydrogen-bond donors (Lipinski definition) is 1. The fourth-order valence-electron chi connectivity index (χ4n) is 4.04. The molecular weight excluding hydrogens is 352 g/mol. The lowest BCUT2D eigenvalue weighted by atomic mass is 10.0. The van der Waals surface area contributed by atoms with E-state index in [0.717, 1.165) is 50.3 Å². The molecule has 1 N–H and O–H groups in total. The van der Waals surface area contributed by atoms with Gasteiger partial charge >= 0.3 is 0 Å². The first-order chi connectivity index (χ1) is 13.8. The average Bonchev–Trinajstić information content (AvgIpc) is 3.22. The fraction of sp³-hybridized carbons (Fsp3) is 0.435. The zero-order chi connectivity index (χ0) is 19.2. The van der Waals surface area contributed by atoms with Gasteiger partial charge < -0.3 is 14.8 Å². The summed E-state index contributed by atoms with van der Waals surface area (Å²) in [7, 11) is 0. The van der Waals surface area contributed by atoms with Crippen LogP contribution in [0.25, 0.3) is 0 Å². The average molecular weight is 380 g/mol. The second kappa shape index (κ2) is 9.22. The molecule has 0 spiro atoms. The summed E-state index contributed by atoms with van der Waals surface area (Å²) in [5.74, 6) is 0.926. The van der Waals surface area contributed by atoms with Crippen molar-refractivity contribution in [3.05, 3.63) is 65.7 Å². The van der Waals surface area contributed by atoms with E-state index in [9.17, 15) is 4.79 Å².